The van der Waals surface area contributed by atoms with Gasteiger partial charge >= 0.3 is 0 Å². The van der Waals surface area contributed by atoms with Crippen molar-refractivity contribution in [3.05, 3.63) is 36.2 Å². The lowest BCUT2D eigenvalue weighted by Crippen LogP contribution is -2.46. The van der Waals surface area contributed by atoms with Gasteiger partial charge in [0, 0.05) is 17.5 Å². The third kappa shape index (κ3) is 4.61. The summed E-state index contributed by atoms with van der Waals surface area (Å²) >= 11 is 0. The summed E-state index contributed by atoms with van der Waals surface area (Å²) in [4.78, 5) is 19.5. The van der Waals surface area contributed by atoms with Crippen LogP contribution >= 0.6 is 0 Å². The maximum atomic E-state index is 12.7. The van der Waals surface area contributed by atoms with Crippen molar-refractivity contribution in [2.24, 2.45) is 11.8 Å². The zero-order valence-corrected chi connectivity index (χ0v) is 16.6. The summed E-state index contributed by atoms with van der Waals surface area (Å²) in [5.74, 6) is 2.26. The Bertz CT molecular complexity index is 768. The average molecular weight is 383 g/mol. The molecule has 2 heterocycles. The monoisotopic (exact) mass is 382 g/mol. The fraction of sp³-hybridized carbons (Fsp3) is 0.591. The molecule has 4 rings (SSSR count). The number of aromatic nitrogens is 2. The second-order valence-corrected chi connectivity index (χ2v) is 8.30. The molecule has 1 aliphatic heterocycles. The molecule has 1 saturated heterocycles. The van der Waals surface area contributed by atoms with Gasteiger partial charge in [0.05, 0.1) is 6.54 Å². The van der Waals surface area contributed by atoms with E-state index in [1.54, 1.807) is 0 Å². The standard InChI is InChI=1S/C22H30N4O2/c1-16-7-5-6-10-19(16)23-22(27)18-11-13-26(14-12-18)15-20-24-21(25-28-20)17-8-3-2-4-9-17/h2-4,8-9,16,18-19H,5-7,10-15H2,1H3,(H,23,27)/t16-,19+/m1/s1. The minimum Gasteiger partial charge on any atom is -0.353 e. The van der Waals surface area contributed by atoms with Gasteiger partial charge in [-0.2, -0.15) is 4.98 Å². The van der Waals surface area contributed by atoms with E-state index in [0.29, 0.717) is 30.2 Å². The number of carbonyl (C=O) groups excluding carboxylic acids is 1. The number of hydrogen-bond donors (Lipinski definition) is 1. The van der Waals surface area contributed by atoms with Crippen LogP contribution in [0.5, 0.6) is 0 Å². The highest BCUT2D eigenvalue weighted by Gasteiger charge is 2.29. The molecule has 0 radical (unpaired) electrons. The van der Waals surface area contributed by atoms with E-state index in [-0.39, 0.29) is 11.8 Å². The van der Waals surface area contributed by atoms with Crippen molar-refractivity contribution >= 4 is 5.91 Å². The highest BCUT2D eigenvalue weighted by molar-refractivity contribution is 5.79. The minimum absolute atomic E-state index is 0.132. The van der Waals surface area contributed by atoms with Crippen molar-refractivity contribution in [2.45, 2.75) is 58.0 Å². The molecule has 6 heteroatoms. The lowest BCUT2D eigenvalue weighted by molar-refractivity contribution is -0.127. The van der Waals surface area contributed by atoms with E-state index in [0.717, 1.165) is 37.9 Å². The quantitative estimate of drug-likeness (QED) is 0.855. The molecule has 2 fully saturated rings. The number of rotatable bonds is 5. The van der Waals surface area contributed by atoms with Crippen LogP contribution in [0.4, 0.5) is 0 Å². The highest BCUT2D eigenvalue weighted by atomic mass is 16.5. The third-order valence-electron chi connectivity index (χ3n) is 6.26. The molecule has 28 heavy (non-hydrogen) atoms. The van der Waals surface area contributed by atoms with Crippen molar-refractivity contribution in [1.82, 2.24) is 20.4 Å². The first-order chi connectivity index (χ1) is 13.7. The van der Waals surface area contributed by atoms with Gasteiger partial charge in [0.1, 0.15) is 0 Å². The van der Waals surface area contributed by atoms with Crippen LogP contribution in [0, 0.1) is 11.8 Å². The number of nitrogens with one attached hydrogen (secondary N) is 1. The fourth-order valence-electron chi connectivity index (χ4n) is 4.40. The largest absolute Gasteiger partial charge is 0.353 e. The lowest BCUT2D eigenvalue weighted by Gasteiger charge is -2.34. The van der Waals surface area contributed by atoms with Gasteiger partial charge in [-0.05, 0) is 44.7 Å². The number of likely N-dealkylation sites (tertiary alicyclic amines) is 1. The Kier molecular flexibility index (Phi) is 6.05. The molecule has 0 spiro atoms. The minimum atomic E-state index is 0.132. The van der Waals surface area contributed by atoms with E-state index >= 15 is 0 Å². The zero-order valence-electron chi connectivity index (χ0n) is 16.6. The number of benzene rings is 1. The highest BCUT2D eigenvalue weighted by Crippen LogP contribution is 2.25. The van der Waals surface area contributed by atoms with Crippen LogP contribution in [0.25, 0.3) is 11.4 Å². The van der Waals surface area contributed by atoms with Crippen molar-refractivity contribution in [1.29, 1.82) is 0 Å². The summed E-state index contributed by atoms with van der Waals surface area (Å²) in [5, 5.41) is 7.42. The Hall–Kier alpha value is -2.21. The van der Waals surface area contributed by atoms with E-state index in [2.05, 4.69) is 27.3 Å². The van der Waals surface area contributed by atoms with Crippen LogP contribution < -0.4 is 5.32 Å². The Morgan fingerprint density at radius 2 is 1.89 bits per heavy atom. The predicted molar refractivity (Wildman–Crippen MR) is 107 cm³/mol. The molecule has 2 aromatic rings. The first-order valence-corrected chi connectivity index (χ1v) is 10.6. The predicted octanol–water partition coefficient (Wildman–Crippen LogP) is 3.64. The summed E-state index contributed by atoms with van der Waals surface area (Å²) in [5.41, 5.74) is 0.963. The number of nitrogens with zero attached hydrogens (tertiary/aromatic N) is 3. The molecule has 0 bridgehead atoms. The number of piperidine rings is 1. The molecule has 6 nitrogen and oxygen atoms in total. The number of carbonyl (C=O) groups is 1. The van der Waals surface area contributed by atoms with E-state index in [4.69, 9.17) is 4.52 Å². The summed E-state index contributed by atoms with van der Waals surface area (Å²) in [6.45, 7) is 4.69. The number of hydrogen-bond acceptors (Lipinski definition) is 5. The Balaban J connectivity index is 1.25. The molecule has 1 saturated carbocycles. The molecule has 150 valence electrons. The van der Waals surface area contributed by atoms with Crippen LogP contribution in [-0.4, -0.2) is 40.1 Å². The summed E-state index contributed by atoms with van der Waals surface area (Å²) in [6.07, 6.45) is 6.70. The molecule has 1 aromatic heterocycles. The van der Waals surface area contributed by atoms with Crippen LogP contribution in [0.15, 0.2) is 34.9 Å². The average Bonchev–Trinajstić information content (AvgIpc) is 3.19. The topological polar surface area (TPSA) is 71.3 Å². The van der Waals surface area contributed by atoms with E-state index in [1.807, 2.05) is 30.3 Å². The van der Waals surface area contributed by atoms with Crippen LogP contribution in [0.2, 0.25) is 0 Å². The molecule has 1 aromatic carbocycles. The Morgan fingerprint density at radius 1 is 1.14 bits per heavy atom. The lowest BCUT2D eigenvalue weighted by atomic mass is 9.85. The maximum absolute atomic E-state index is 12.7. The van der Waals surface area contributed by atoms with Gasteiger partial charge in [0.25, 0.3) is 0 Å². The fourth-order valence-corrected chi connectivity index (χ4v) is 4.40. The SMILES string of the molecule is C[C@@H]1CCCC[C@@H]1NC(=O)C1CCN(Cc2nc(-c3ccccc3)no2)CC1. The third-order valence-corrected chi connectivity index (χ3v) is 6.26. The molecule has 1 amide bonds. The van der Waals surface area contributed by atoms with Crippen LogP contribution in [0.3, 0.4) is 0 Å². The zero-order chi connectivity index (χ0) is 19.3. The van der Waals surface area contributed by atoms with E-state index in [1.165, 1.54) is 19.3 Å². The molecular weight excluding hydrogens is 352 g/mol. The Morgan fingerprint density at radius 3 is 2.64 bits per heavy atom. The first kappa shape index (κ1) is 19.1. The first-order valence-electron chi connectivity index (χ1n) is 10.6. The van der Waals surface area contributed by atoms with Crippen LogP contribution in [0.1, 0.15) is 51.3 Å². The van der Waals surface area contributed by atoms with Crippen molar-refractivity contribution in [2.75, 3.05) is 13.1 Å². The smallest absolute Gasteiger partial charge is 0.241 e. The van der Waals surface area contributed by atoms with Gasteiger partial charge in [-0.1, -0.05) is 55.3 Å². The molecule has 2 aliphatic rings. The second kappa shape index (κ2) is 8.86. The van der Waals surface area contributed by atoms with Gasteiger partial charge in [0.15, 0.2) is 0 Å². The molecule has 2 atom stereocenters. The molecule has 0 unspecified atom stereocenters. The van der Waals surface area contributed by atoms with Crippen molar-refractivity contribution < 1.29 is 9.32 Å². The van der Waals surface area contributed by atoms with Gasteiger partial charge in [-0.25, -0.2) is 0 Å². The normalized spacial score (nSPS) is 24.2. The second-order valence-electron chi connectivity index (χ2n) is 8.30. The van der Waals surface area contributed by atoms with Gasteiger partial charge < -0.3 is 9.84 Å². The number of amides is 1. The van der Waals surface area contributed by atoms with Gasteiger partial charge in [-0.3, -0.25) is 9.69 Å². The molecule has 1 N–H and O–H groups in total. The van der Waals surface area contributed by atoms with E-state index < -0.39 is 0 Å². The van der Waals surface area contributed by atoms with Gasteiger partial charge in [-0.15, -0.1) is 0 Å². The summed E-state index contributed by atoms with van der Waals surface area (Å²) < 4.78 is 5.43. The van der Waals surface area contributed by atoms with Crippen LogP contribution in [-0.2, 0) is 11.3 Å². The molecule has 1 aliphatic carbocycles. The maximum Gasteiger partial charge on any atom is 0.241 e. The van der Waals surface area contributed by atoms with Crippen molar-refractivity contribution in [3.8, 4) is 11.4 Å². The van der Waals surface area contributed by atoms with E-state index in [9.17, 15) is 4.79 Å². The summed E-state index contributed by atoms with van der Waals surface area (Å²) in [7, 11) is 0. The molecular formula is C22H30N4O2. The Labute approximate surface area is 166 Å². The van der Waals surface area contributed by atoms with Gasteiger partial charge in [0.2, 0.25) is 17.6 Å². The van der Waals surface area contributed by atoms with Crippen molar-refractivity contribution in [3.63, 3.8) is 0 Å². The summed E-state index contributed by atoms with van der Waals surface area (Å²) in [6, 6.07) is 10.2.